The number of benzene rings is 2. The minimum absolute atomic E-state index is 0.239. The van der Waals surface area contributed by atoms with Crippen LogP contribution >= 0.6 is 15.9 Å². The molecule has 3 nitrogen and oxygen atoms in total. The molecule has 0 unspecified atom stereocenters. The zero-order valence-corrected chi connectivity index (χ0v) is 12.1. The predicted molar refractivity (Wildman–Crippen MR) is 80.2 cm³/mol. The van der Waals surface area contributed by atoms with E-state index >= 15 is 0 Å². The van der Waals surface area contributed by atoms with Gasteiger partial charge >= 0.3 is 0 Å². The number of fused-ring (bicyclic) bond motifs is 1. The van der Waals surface area contributed by atoms with E-state index in [2.05, 4.69) is 38.5 Å². The van der Waals surface area contributed by atoms with Gasteiger partial charge in [0.1, 0.15) is 11.6 Å². The average Bonchev–Trinajstić information content (AvgIpc) is 2.80. The lowest BCUT2D eigenvalue weighted by Crippen LogP contribution is -1.97. The van der Waals surface area contributed by atoms with E-state index in [9.17, 15) is 5.11 Å². The molecule has 96 valence electrons. The Hall–Kier alpha value is -1.81. The molecule has 0 aliphatic rings. The number of phenols is 1. The number of nitrogens with zero attached hydrogens (tertiary/aromatic N) is 2. The fourth-order valence-electron chi connectivity index (χ4n) is 2.26. The van der Waals surface area contributed by atoms with E-state index in [4.69, 9.17) is 0 Å². The van der Waals surface area contributed by atoms with E-state index in [-0.39, 0.29) is 5.75 Å². The van der Waals surface area contributed by atoms with Crippen molar-refractivity contribution < 1.29 is 5.11 Å². The van der Waals surface area contributed by atoms with E-state index in [1.54, 1.807) is 6.07 Å². The van der Waals surface area contributed by atoms with Crippen molar-refractivity contribution >= 4 is 27.0 Å². The van der Waals surface area contributed by atoms with Gasteiger partial charge in [0.15, 0.2) is 0 Å². The number of hydrogen-bond donors (Lipinski definition) is 1. The van der Waals surface area contributed by atoms with Crippen LogP contribution in [0, 0.1) is 0 Å². The molecule has 1 aromatic heterocycles. The molecule has 3 rings (SSSR count). The monoisotopic (exact) mass is 316 g/mol. The summed E-state index contributed by atoms with van der Waals surface area (Å²) in [7, 11) is 0. The molecule has 4 heteroatoms. The molecule has 0 aliphatic heterocycles. The van der Waals surface area contributed by atoms with Crippen LogP contribution in [0.1, 0.15) is 6.92 Å². The number of halogens is 1. The third-order valence-electron chi connectivity index (χ3n) is 3.18. The molecule has 0 aliphatic carbocycles. The Bertz CT molecular complexity index is 749. The van der Waals surface area contributed by atoms with Crippen LogP contribution < -0.4 is 0 Å². The van der Waals surface area contributed by atoms with Crippen molar-refractivity contribution in [1.82, 2.24) is 9.55 Å². The normalized spacial score (nSPS) is 11.1. The zero-order chi connectivity index (χ0) is 13.4. The SMILES string of the molecule is CCn1c(-c2ccc(O)c(Br)c2)nc2ccccc21. The first-order chi connectivity index (χ1) is 9.20. The van der Waals surface area contributed by atoms with E-state index < -0.39 is 0 Å². The quantitative estimate of drug-likeness (QED) is 0.769. The van der Waals surface area contributed by atoms with Gasteiger partial charge in [0, 0.05) is 12.1 Å². The first-order valence-corrected chi connectivity index (χ1v) is 6.94. The number of imidazole rings is 1. The molecule has 0 bridgehead atoms. The van der Waals surface area contributed by atoms with Crippen LogP contribution in [0.2, 0.25) is 0 Å². The molecule has 0 fully saturated rings. The second kappa shape index (κ2) is 4.70. The molecule has 19 heavy (non-hydrogen) atoms. The maximum absolute atomic E-state index is 9.58. The Morgan fingerprint density at radius 1 is 1.21 bits per heavy atom. The zero-order valence-electron chi connectivity index (χ0n) is 10.5. The fraction of sp³-hybridized carbons (Fsp3) is 0.133. The van der Waals surface area contributed by atoms with Gasteiger partial charge in [-0.3, -0.25) is 0 Å². The lowest BCUT2D eigenvalue weighted by molar-refractivity contribution is 0.472. The first kappa shape index (κ1) is 12.2. The molecular weight excluding hydrogens is 304 g/mol. The molecule has 0 saturated heterocycles. The number of aryl methyl sites for hydroxylation is 1. The summed E-state index contributed by atoms with van der Waals surface area (Å²) in [4.78, 5) is 4.69. The number of phenolic OH excluding ortho intramolecular Hbond substituents is 1. The van der Waals surface area contributed by atoms with E-state index in [1.807, 2.05) is 30.3 Å². The van der Waals surface area contributed by atoms with Crippen LogP contribution in [-0.2, 0) is 6.54 Å². The number of hydrogen-bond acceptors (Lipinski definition) is 2. The summed E-state index contributed by atoms with van der Waals surface area (Å²) in [6.45, 7) is 2.96. The summed E-state index contributed by atoms with van der Waals surface area (Å²) in [6, 6.07) is 13.6. The van der Waals surface area contributed by atoms with Crippen LogP contribution in [0.3, 0.4) is 0 Å². The van der Waals surface area contributed by atoms with Crippen molar-refractivity contribution in [2.75, 3.05) is 0 Å². The van der Waals surface area contributed by atoms with Gasteiger partial charge in [-0.25, -0.2) is 4.98 Å². The van der Waals surface area contributed by atoms with Gasteiger partial charge in [-0.05, 0) is 53.2 Å². The molecule has 0 amide bonds. The molecule has 0 saturated carbocycles. The first-order valence-electron chi connectivity index (χ1n) is 6.15. The highest BCUT2D eigenvalue weighted by Crippen LogP contribution is 2.31. The number of aromatic hydroxyl groups is 1. The molecule has 1 N–H and O–H groups in total. The Kier molecular flexibility index (Phi) is 3.03. The standard InChI is InChI=1S/C15H13BrN2O/c1-2-18-13-6-4-3-5-12(13)17-15(18)10-7-8-14(19)11(16)9-10/h3-9,19H,2H2,1H3. The number of aromatic nitrogens is 2. The van der Waals surface area contributed by atoms with Crippen LogP contribution in [0.25, 0.3) is 22.4 Å². The maximum Gasteiger partial charge on any atom is 0.141 e. The van der Waals surface area contributed by atoms with Gasteiger partial charge in [0.25, 0.3) is 0 Å². The highest BCUT2D eigenvalue weighted by Gasteiger charge is 2.12. The highest BCUT2D eigenvalue weighted by atomic mass is 79.9. The molecule has 0 atom stereocenters. The molecule has 1 heterocycles. The van der Waals surface area contributed by atoms with Crippen molar-refractivity contribution in [2.24, 2.45) is 0 Å². The Balaban J connectivity index is 2.26. The van der Waals surface area contributed by atoms with Crippen LogP contribution in [0.4, 0.5) is 0 Å². The van der Waals surface area contributed by atoms with Crippen molar-refractivity contribution in [2.45, 2.75) is 13.5 Å². The molecule has 3 aromatic rings. The third kappa shape index (κ3) is 2.02. The molecular formula is C15H13BrN2O. The summed E-state index contributed by atoms with van der Waals surface area (Å²) in [5.41, 5.74) is 3.11. The van der Waals surface area contributed by atoms with Crippen LogP contribution in [-0.4, -0.2) is 14.7 Å². The second-order valence-electron chi connectivity index (χ2n) is 4.33. The van der Waals surface area contributed by atoms with Crippen molar-refractivity contribution in [1.29, 1.82) is 0 Å². The fourth-order valence-corrected chi connectivity index (χ4v) is 2.64. The average molecular weight is 317 g/mol. The van der Waals surface area contributed by atoms with Gasteiger partial charge in [-0.15, -0.1) is 0 Å². The largest absolute Gasteiger partial charge is 0.507 e. The molecule has 2 aromatic carbocycles. The minimum atomic E-state index is 0.239. The summed E-state index contributed by atoms with van der Waals surface area (Å²) >= 11 is 3.35. The Morgan fingerprint density at radius 3 is 2.74 bits per heavy atom. The van der Waals surface area contributed by atoms with Gasteiger partial charge in [0.2, 0.25) is 0 Å². The summed E-state index contributed by atoms with van der Waals surface area (Å²) in [6.07, 6.45) is 0. The number of rotatable bonds is 2. The van der Waals surface area contributed by atoms with Crippen LogP contribution in [0.15, 0.2) is 46.9 Å². The van der Waals surface area contributed by atoms with E-state index in [0.29, 0.717) is 4.47 Å². The lowest BCUT2D eigenvalue weighted by atomic mass is 10.2. The summed E-state index contributed by atoms with van der Waals surface area (Å²) in [5, 5.41) is 9.58. The van der Waals surface area contributed by atoms with E-state index in [0.717, 1.165) is 29.0 Å². The maximum atomic E-state index is 9.58. The third-order valence-corrected chi connectivity index (χ3v) is 3.81. The van der Waals surface area contributed by atoms with Crippen LogP contribution in [0.5, 0.6) is 5.75 Å². The predicted octanol–water partition coefficient (Wildman–Crippen LogP) is 4.19. The lowest BCUT2D eigenvalue weighted by Gasteiger charge is -2.07. The van der Waals surface area contributed by atoms with Gasteiger partial charge in [-0.1, -0.05) is 12.1 Å². The summed E-state index contributed by atoms with van der Waals surface area (Å²) < 4.78 is 2.86. The smallest absolute Gasteiger partial charge is 0.141 e. The molecule has 0 spiro atoms. The number of para-hydroxylation sites is 2. The van der Waals surface area contributed by atoms with Crippen molar-refractivity contribution in [3.63, 3.8) is 0 Å². The minimum Gasteiger partial charge on any atom is -0.507 e. The second-order valence-corrected chi connectivity index (χ2v) is 5.19. The van der Waals surface area contributed by atoms with Gasteiger partial charge in [0.05, 0.1) is 15.5 Å². The molecule has 0 radical (unpaired) electrons. The Morgan fingerprint density at radius 2 is 2.00 bits per heavy atom. The van der Waals surface area contributed by atoms with Crippen molar-refractivity contribution in [3.8, 4) is 17.1 Å². The van der Waals surface area contributed by atoms with Crippen molar-refractivity contribution in [3.05, 3.63) is 46.9 Å². The van der Waals surface area contributed by atoms with Gasteiger partial charge in [-0.2, -0.15) is 0 Å². The summed E-state index contributed by atoms with van der Waals surface area (Å²) in [5.74, 6) is 1.16. The highest BCUT2D eigenvalue weighted by molar-refractivity contribution is 9.10. The topological polar surface area (TPSA) is 38.0 Å². The van der Waals surface area contributed by atoms with E-state index in [1.165, 1.54) is 0 Å². The Labute approximate surface area is 119 Å². The van der Waals surface area contributed by atoms with Gasteiger partial charge < -0.3 is 9.67 Å².